The van der Waals surface area contributed by atoms with Gasteiger partial charge in [0.25, 0.3) is 5.91 Å². The minimum absolute atomic E-state index is 0.00606. The Hall–Kier alpha value is -1.30. The van der Waals surface area contributed by atoms with Crippen LogP contribution in [0.5, 0.6) is 0 Å². The summed E-state index contributed by atoms with van der Waals surface area (Å²) >= 11 is 0. The number of ether oxygens (including phenoxy) is 1. The molecule has 0 unspecified atom stereocenters. The lowest BCUT2D eigenvalue weighted by Gasteiger charge is -2.36. The highest BCUT2D eigenvalue weighted by molar-refractivity contribution is 5.80. The lowest BCUT2D eigenvalue weighted by Crippen LogP contribution is -2.50. The molecular weight excluding hydrogens is 246 g/mol. The maximum absolute atomic E-state index is 12.0. The van der Waals surface area contributed by atoms with E-state index < -0.39 is 0 Å². The van der Waals surface area contributed by atoms with Crippen molar-refractivity contribution in [1.82, 2.24) is 14.7 Å². The van der Waals surface area contributed by atoms with Gasteiger partial charge >= 0.3 is 6.03 Å². The molecule has 19 heavy (non-hydrogen) atoms. The summed E-state index contributed by atoms with van der Waals surface area (Å²) in [5, 5.41) is 0. The Balaban J connectivity index is 1.99. The van der Waals surface area contributed by atoms with Crippen molar-refractivity contribution in [2.45, 2.75) is 37.5 Å². The first-order valence-electron chi connectivity index (χ1n) is 6.76. The molecule has 0 radical (unpaired) electrons. The van der Waals surface area contributed by atoms with Crippen LogP contribution in [0, 0.1) is 0 Å². The zero-order chi connectivity index (χ0) is 14.2. The van der Waals surface area contributed by atoms with Gasteiger partial charge in [0, 0.05) is 34.7 Å². The molecule has 0 N–H and O–H groups in total. The first-order chi connectivity index (χ1) is 8.91. The summed E-state index contributed by atoms with van der Waals surface area (Å²) < 4.78 is 5.89. The van der Waals surface area contributed by atoms with Gasteiger partial charge in [-0.15, -0.1) is 0 Å². The van der Waals surface area contributed by atoms with E-state index in [0.29, 0.717) is 6.42 Å². The van der Waals surface area contributed by atoms with Gasteiger partial charge < -0.3 is 19.4 Å². The molecule has 0 saturated carbocycles. The van der Waals surface area contributed by atoms with E-state index in [1.54, 1.807) is 38.0 Å². The van der Waals surface area contributed by atoms with Crippen molar-refractivity contribution < 1.29 is 14.3 Å². The number of carbonyl (C=O) groups is 2. The average Bonchev–Trinajstić information content (AvgIpc) is 2.79. The monoisotopic (exact) mass is 269 g/mol. The number of hydrogen-bond donors (Lipinski definition) is 0. The van der Waals surface area contributed by atoms with Gasteiger partial charge in [0.05, 0.1) is 12.1 Å². The topological polar surface area (TPSA) is 53.1 Å². The summed E-state index contributed by atoms with van der Waals surface area (Å²) in [6.45, 7) is 0.717. The summed E-state index contributed by atoms with van der Waals surface area (Å²) in [5.74, 6) is 0.0239. The van der Waals surface area contributed by atoms with Crippen LogP contribution >= 0.6 is 0 Å². The van der Waals surface area contributed by atoms with Crippen LogP contribution in [0.4, 0.5) is 4.79 Å². The molecule has 0 aliphatic carbocycles. The molecular formula is C13H23N3O3. The number of urea groups is 1. The van der Waals surface area contributed by atoms with Crippen LogP contribution in [0.15, 0.2) is 0 Å². The van der Waals surface area contributed by atoms with E-state index in [-0.39, 0.29) is 30.2 Å². The molecule has 0 aromatic rings. The zero-order valence-corrected chi connectivity index (χ0v) is 12.1. The van der Waals surface area contributed by atoms with Crippen LogP contribution in [0.3, 0.4) is 0 Å². The highest BCUT2D eigenvalue weighted by Gasteiger charge is 2.44. The van der Waals surface area contributed by atoms with Crippen molar-refractivity contribution in [3.05, 3.63) is 0 Å². The maximum Gasteiger partial charge on any atom is 0.319 e. The molecule has 108 valence electrons. The summed E-state index contributed by atoms with van der Waals surface area (Å²) in [5.41, 5.74) is 0. The quantitative estimate of drug-likeness (QED) is 0.691. The van der Waals surface area contributed by atoms with Crippen molar-refractivity contribution in [2.75, 3.05) is 34.7 Å². The number of carbonyl (C=O) groups excluding carboxylic acids is 2. The number of likely N-dealkylation sites (tertiary alicyclic amines) is 1. The van der Waals surface area contributed by atoms with Crippen LogP contribution in [-0.2, 0) is 9.53 Å². The Labute approximate surface area is 114 Å². The molecule has 6 nitrogen and oxygen atoms in total. The fourth-order valence-electron chi connectivity index (χ4n) is 2.89. The Morgan fingerprint density at radius 2 is 1.74 bits per heavy atom. The zero-order valence-electron chi connectivity index (χ0n) is 12.1. The van der Waals surface area contributed by atoms with Crippen molar-refractivity contribution in [3.63, 3.8) is 0 Å². The molecule has 2 rings (SSSR count). The molecule has 0 aromatic carbocycles. The third-order valence-electron chi connectivity index (χ3n) is 3.89. The predicted molar refractivity (Wildman–Crippen MR) is 70.8 cm³/mol. The van der Waals surface area contributed by atoms with Crippen LogP contribution < -0.4 is 0 Å². The van der Waals surface area contributed by atoms with Crippen LogP contribution in [0.25, 0.3) is 0 Å². The Bertz CT molecular complexity index is 370. The molecule has 3 amide bonds. The second-order valence-corrected chi connectivity index (χ2v) is 5.70. The van der Waals surface area contributed by atoms with Gasteiger partial charge in [0.15, 0.2) is 0 Å². The van der Waals surface area contributed by atoms with E-state index in [1.165, 1.54) is 0 Å². The van der Waals surface area contributed by atoms with Crippen molar-refractivity contribution in [1.29, 1.82) is 0 Å². The van der Waals surface area contributed by atoms with Gasteiger partial charge in [0.2, 0.25) is 0 Å². The highest BCUT2D eigenvalue weighted by Crippen LogP contribution is 2.32. The van der Waals surface area contributed by atoms with E-state index in [9.17, 15) is 9.59 Å². The summed E-state index contributed by atoms with van der Waals surface area (Å²) in [4.78, 5) is 29.0. The standard InChI is InChI=1S/C13H23N3O3/c1-14(2)12(17)11-6-5-9-10(19-11)7-8-16(9)13(18)15(3)4/h9-11H,5-8H2,1-4H3/t9-,10-,11-/m1/s1. The van der Waals surface area contributed by atoms with Crippen LogP contribution in [-0.4, -0.2) is 79.6 Å². The number of rotatable bonds is 1. The summed E-state index contributed by atoms with van der Waals surface area (Å²) in [6, 6.07) is 0.162. The number of fused-ring (bicyclic) bond motifs is 1. The molecule has 2 aliphatic heterocycles. The molecule has 2 heterocycles. The fourth-order valence-corrected chi connectivity index (χ4v) is 2.89. The van der Waals surface area contributed by atoms with Gasteiger partial charge in [-0.25, -0.2) is 4.79 Å². The van der Waals surface area contributed by atoms with E-state index in [4.69, 9.17) is 4.74 Å². The van der Waals surface area contributed by atoms with Gasteiger partial charge in [-0.3, -0.25) is 4.79 Å². The predicted octanol–water partition coefficient (Wildman–Crippen LogP) is 0.378. The highest BCUT2D eigenvalue weighted by atomic mass is 16.5. The van der Waals surface area contributed by atoms with E-state index in [0.717, 1.165) is 19.4 Å². The number of likely N-dealkylation sites (N-methyl/N-ethyl adjacent to an activating group) is 1. The molecule has 2 saturated heterocycles. The largest absolute Gasteiger partial charge is 0.363 e. The second-order valence-electron chi connectivity index (χ2n) is 5.70. The normalized spacial score (nSPS) is 29.9. The van der Waals surface area contributed by atoms with E-state index in [1.807, 2.05) is 4.90 Å². The lowest BCUT2D eigenvalue weighted by molar-refractivity contribution is -0.151. The van der Waals surface area contributed by atoms with Crippen molar-refractivity contribution in [2.24, 2.45) is 0 Å². The Morgan fingerprint density at radius 3 is 2.32 bits per heavy atom. The third kappa shape index (κ3) is 2.68. The molecule has 3 atom stereocenters. The summed E-state index contributed by atoms with van der Waals surface area (Å²) in [7, 11) is 7.01. The first kappa shape index (κ1) is 14.1. The molecule has 2 aliphatic rings. The molecule has 0 bridgehead atoms. The summed E-state index contributed by atoms with van der Waals surface area (Å²) in [6.07, 6.45) is 2.02. The Kier molecular flexibility index (Phi) is 3.99. The van der Waals surface area contributed by atoms with Crippen LogP contribution in [0.1, 0.15) is 19.3 Å². The van der Waals surface area contributed by atoms with Crippen molar-refractivity contribution in [3.8, 4) is 0 Å². The minimum Gasteiger partial charge on any atom is -0.363 e. The third-order valence-corrected chi connectivity index (χ3v) is 3.89. The Morgan fingerprint density at radius 1 is 1.05 bits per heavy atom. The van der Waals surface area contributed by atoms with Gasteiger partial charge in [-0.1, -0.05) is 0 Å². The lowest BCUT2D eigenvalue weighted by atomic mass is 9.98. The van der Waals surface area contributed by atoms with Gasteiger partial charge in [-0.2, -0.15) is 0 Å². The molecule has 2 fully saturated rings. The molecule has 6 heteroatoms. The van der Waals surface area contributed by atoms with E-state index >= 15 is 0 Å². The average molecular weight is 269 g/mol. The molecule has 0 spiro atoms. The first-order valence-corrected chi connectivity index (χ1v) is 6.76. The molecule has 0 aromatic heterocycles. The number of hydrogen-bond acceptors (Lipinski definition) is 3. The number of nitrogens with zero attached hydrogens (tertiary/aromatic N) is 3. The smallest absolute Gasteiger partial charge is 0.319 e. The SMILES string of the molecule is CN(C)C(=O)[C@H]1CC[C@@H]2[C@@H](CCN2C(=O)N(C)C)O1. The number of amides is 3. The minimum atomic E-state index is -0.342. The second kappa shape index (κ2) is 5.36. The van der Waals surface area contributed by atoms with E-state index in [2.05, 4.69) is 0 Å². The van der Waals surface area contributed by atoms with Gasteiger partial charge in [0.1, 0.15) is 6.10 Å². The fraction of sp³-hybridized carbons (Fsp3) is 0.846. The van der Waals surface area contributed by atoms with Crippen molar-refractivity contribution >= 4 is 11.9 Å². The van der Waals surface area contributed by atoms with Gasteiger partial charge in [-0.05, 0) is 19.3 Å². The van der Waals surface area contributed by atoms with Crippen LogP contribution in [0.2, 0.25) is 0 Å². The maximum atomic E-state index is 12.0.